The third kappa shape index (κ3) is 6.09. The Balaban J connectivity index is 1.16. The highest BCUT2D eigenvalue weighted by molar-refractivity contribution is 6.09. The van der Waals surface area contributed by atoms with Crippen LogP contribution < -0.4 is 4.90 Å². The second-order valence-corrected chi connectivity index (χ2v) is 18.2. The van der Waals surface area contributed by atoms with Gasteiger partial charge in [0, 0.05) is 38.9 Å². The summed E-state index contributed by atoms with van der Waals surface area (Å²) in [5.74, 6) is 0.263. The van der Waals surface area contributed by atoms with Gasteiger partial charge in [0.1, 0.15) is 0 Å². The second kappa shape index (κ2) is 15.9. The van der Waals surface area contributed by atoms with Gasteiger partial charge in [-0.1, -0.05) is 208 Å². The summed E-state index contributed by atoms with van der Waals surface area (Å²) in [7, 11) is 0. The molecule has 0 amide bonds. The van der Waals surface area contributed by atoms with Crippen LogP contribution in [0.1, 0.15) is 47.6 Å². The predicted octanol–water partition coefficient (Wildman–Crippen LogP) is 16.1. The van der Waals surface area contributed by atoms with Crippen LogP contribution in [0.3, 0.4) is 0 Å². The highest BCUT2D eigenvalue weighted by Gasteiger charge is 2.60. The standard InChI is InChI=1S/C64H50N2/c1-45(46-22-8-3-9-23-46)59-43-54(65(51-28-14-6-15-29-51)53-39-36-48(37-40-53)47-24-10-4-11-25-47)44-62-63(59,2)57-33-19-20-34-58(57)64(62,49-26-12-5-13-27-49)50-38-41-61-56(42-50)55-32-18-21-35-60(55)66(61)52-30-16-7-17-31-52/h3-45,59H,1-2H3/t45-,59?,63?,64?/m0/s1. The lowest BCUT2D eigenvalue weighted by atomic mass is 9.57. The summed E-state index contributed by atoms with van der Waals surface area (Å²) >= 11 is 0. The lowest BCUT2D eigenvalue weighted by Gasteiger charge is -2.47. The Hall–Kier alpha value is -7.94. The number of benzene rings is 9. The molecule has 316 valence electrons. The summed E-state index contributed by atoms with van der Waals surface area (Å²) in [6, 6.07) is 89.6. The summed E-state index contributed by atoms with van der Waals surface area (Å²) in [4.78, 5) is 2.49. The molecule has 0 aliphatic heterocycles. The molecule has 1 heterocycles. The number of hydrogen-bond acceptors (Lipinski definition) is 1. The van der Waals surface area contributed by atoms with E-state index in [1.807, 2.05) is 0 Å². The number of nitrogens with zero attached hydrogens (tertiary/aromatic N) is 2. The first kappa shape index (κ1) is 39.6. The molecule has 0 spiro atoms. The van der Waals surface area contributed by atoms with Gasteiger partial charge in [-0.2, -0.15) is 0 Å². The molecule has 2 aliphatic rings. The number of fused-ring (bicyclic) bond motifs is 6. The van der Waals surface area contributed by atoms with Gasteiger partial charge in [-0.3, -0.25) is 0 Å². The van der Waals surface area contributed by atoms with E-state index in [-0.39, 0.29) is 11.8 Å². The molecular formula is C64H50N2. The van der Waals surface area contributed by atoms with Crippen molar-refractivity contribution in [3.63, 3.8) is 0 Å². The van der Waals surface area contributed by atoms with E-state index in [0.29, 0.717) is 0 Å². The average molecular weight is 847 g/mol. The van der Waals surface area contributed by atoms with Crippen LogP contribution in [0.5, 0.6) is 0 Å². The maximum atomic E-state index is 2.60. The Morgan fingerprint density at radius 3 is 1.73 bits per heavy atom. The number of para-hydroxylation sites is 3. The minimum Gasteiger partial charge on any atom is -0.311 e. The van der Waals surface area contributed by atoms with Crippen molar-refractivity contribution >= 4 is 33.2 Å². The van der Waals surface area contributed by atoms with Crippen molar-refractivity contribution in [1.82, 2.24) is 4.57 Å². The molecule has 10 aromatic rings. The first-order valence-electron chi connectivity index (χ1n) is 23.3. The van der Waals surface area contributed by atoms with E-state index < -0.39 is 10.8 Å². The molecule has 1 aromatic heterocycles. The van der Waals surface area contributed by atoms with Gasteiger partial charge in [-0.25, -0.2) is 0 Å². The van der Waals surface area contributed by atoms with Crippen LogP contribution in [-0.4, -0.2) is 4.57 Å². The number of allylic oxidation sites excluding steroid dienone is 3. The van der Waals surface area contributed by atoms with Crippen LogP contribution in [0.25, 0.3) is 38.6 Å². The van der Waals surface area contributed by atoms with E-state index in [4.69, 9.17) is 0 Å². The van der Waals surface area contributed by atoms with Gasteiger partial charge < -0.3 is 9.47 Å². The molecule has 0 bridgehead atoms. The average Bonchev–Trinajstić information content (AvgIpc) is 3.85. The molecule has 9 aromatic carbocycles. The number of aromatic nitrogens is 1. The first-order chi connectivity index (χ1) is 32.5. The van der Waals surface area contributed by atoms with E-state index in [2.05, 4.69) is 278 Å². The van der Waals surface area contributed by atoms with Gasteiger partial charge >= 0.3 is 0 Å². The third-order valence-corrected chi connectivity index (χ3v) is 14.9. The fraction of sp³-hybridized carbons (Fsp3) is 0.0938. The van der Waals surface area contributed by atoms with Crippen molar-refractivity contribution in [2.45, 2.75) is 30.6 Å². The second-order valence-electron chi connectivity index (χ2n) is 18.2. The maximum absolute atomic E-state index is 2.60. The zero-order valence-electron chi connectivity index (χ0n) is 37.3. The zero-order chi connectivity index (χ0) is 44.2. The predicted molar refractivity (Wildman–Crippen MR) is 276 cm³/mol. The Kier molecular flexibility index (Phi) is 9.57. The smallest absolute Gasteiger partial charge is 0.0677 e. The first-order valence-corrected chi connectivity index (χ1v) is 23.3. The van der Waals surface area contributed by atoms with Crippen LogP contribution in [0.2, 0.25) is 0 Å². The lowest BCUT2D eigenvalue weighted by molar-refractivity contribution is 0.349. The Morgan fingerprint density at radius 1 is 0.470 bits per heavy atom. The van der Waals surface area contributed by atoms with Gasteiger partial charge in [-0.15, -0.1) is 0 Å². The van der Waals surface area contributed by atoms with Gasteiger partial charge in [0.15, 0.2) is 0 Å². The van der Waals surface area contributed by atoms with Crippen LogP contribution in [0, 0.1) is 5.92 Å². The zero-order valence-corrected chi connectivity index (χ0v) is 37.3. The van der Waals surface area contributed by atoms with Crippen molar-refractivity contribution in [3.05, 3.63) is 294 Å². The number of hydrogen-bond donors (Lipinski definition) is 0. The number of anilines is 2. The molecular weight excluding hydrogens is 797 g/mol. The maximum Gasteiger partial charge on any atom is 0.0677 e. The summed E-state index contributed by atoms with van der Waals surface area (Å²) in [6.45, 7) is 4.99. The molecule has 2 aliphatic carbocycles. The summed E-state index contributed by atoms with van der Waals surface area (Å²) in [5.41, 5.74) is 16.4. The third-order valence-electron chi connectivity index (χ3n) is 14.9. The molecule has 0 N–H and O–H groups in total. The van der Waals surface area contributed by atoms with E-state index in [9.17, 15) is 0 Å². The highest BCUT2D eigenvalue weighted by atomic mass is 15.1. The van der Waals surface area contributed by atoms with E-state index in [1.54, 1.807) is 0 Å². The summed E-state index contributed by atoms with van der Waals surface area (Å²) in [5, 5.41) is 2.50. The normalized spacial score (nSPS) is 19.2. The molecule has 2 nitrogen and oxygen atoms in total. The molecule has 0 radical (unpaired) electrons. The number of rotatable bonds is 9. The molecule has 0 fully saturated rings. The van der Waals surface area contributed by atoms with Gasteiger partial charge in [0.25, 0.3) is 0 Å². The Morgan fingerprint density at radius 2 is 1.02 bits per heavy atom. The lowest BCUT2D eigenvalue weighted by Crippen LogP contribution is -2.42. The molecule has 0 saturated carbocycles. The van der Waals surface area contributed by atoms with Crippen molar-refractivity contribution < 1.29 is 0 Å². The van der Waals surface area contributed by atoms with E-state index in [0.717, 1.165) is 17.1 Å². The molecule has 12 rings (SSSR count). The minimum atomic E-state index is -0.634. The van der Waals surface area contributed by atoms with Crippen molar-refractivity contribution in [2.75, 3.05) is 4.90 Å². The fourth-order valence-corrected chi connectivity index (χ4v) is 11.9. The Bertz CT molecular complexity index is 3420. The summed E-state index contributed by atoms with van der Waals surface area (Å²) < 4.78 is 2.43. The molecule has 2 heteroatoms. The molecule has 4 atom stereocenters. The van der Waals surface area contributed by atoms with E-state index in [1.165, 1.54) is 72.0 Å². The monoisotopic (exact) mass is 846 g/mol. The quantitative estimate of drug-likeness (QED) is 0.140. The summed E-state index contributed by atoms with van der Waals surface area (Å²) in [6.07, 6.45) is 5.19. The largest absolute Gasteiger partial charge is 0.311 e. The van der Waals surface area contributed by atoms with Crippen LogP contribution in [-0.2, 0) is 10.8 Å². The SMILES string of the molecule is C[C@@H](c1ccccc1)C1C=C(N(c2ccccc2)c2ccc(-c3ccccc3)cc2)C=C2C(c3ccccc3)(c3ccc4c(c3)c3ccccc3n4-c3ccccc3)c3ccccc3C21C. The van der Waals surface area contributed by atoms with Crippen molar-refractivity contribution in [2.24, 2.45) is 5.92 Å². The van der Waals surface area contributed by atoms with Gasteiger partial charge in [-0.05, 0) is 117 Å². The molecule has 3 unspecified atom stereocenters. The molecule has 0 saturated heterocycles. The highest BCUT2D eigenvalue weighted by Crippen LogP contribution is 2.66. The van der Waals surface area contributed by atoms with Crippen molar-refractivity contribution in [3.8, 4) is 16.8 Å². The van der Waals surface area contributed by atoms with Gasteiger partial charge in [0.2, 0.25) is 0 Å². The van der Waals surface area contributed by atoms with Gasteiger partial charge in [0.05, 0.1) is 16.4 Å². The van der Waals surface area contributed by atoms with Crippen LogP contribution >= 0.6 is 0 Å². The fourth-order valence-electron chi connectivity index (χ4n) is 11.9. The Labute approximate surface area is 388 Å². The van der Waals surface area contributed by atoms with Crippen molar-refractivity contribution in [1.29, 1.82) is 0 Å². The minimum absolute atomic E-state index is 0.0835. The van der Waals surface area contributed by atoms with Crippen LogP contribution in [0.15, 0.2) is 266 Å². The molecule has 66 heavy (non-hydrogen) atoms. The topological polar surface area (TPSA) is 8.17 Å². The van der Waals surface area contributed by atoms with E-state index >= 15 is 0 Å². The van der Waals surface area contributed by atoms with Crippen LogP contribution in [0.4, 0.5) is 11.4 Å².